The lowest BCUT2D eigenvalue weighted by atomic mass is 9.89. The van der Waals surface area contributed by atoms with Gasteiger partial charge in [0.25, 0.3) is 0 Å². The van der Waals surface area contributed by atoms with Gasteiger partial charge in [-0.25, -0.2) is 0 Å². The minimum Gasteiger partial charge on any atom is -0.492 e. The number of allylic oxidation sites excluding steroid dienone is 1. The van der Waals surface area contributed by atoms with Gasteiger partial charge in [-0.1, -0.05) is 20.8 Å². The number of aliphatic hydroxyl groups is 3. The predicted molar refractivity (Wildman–Crippen MR) is 78.3 cm³/mol. The topological polar surface area (TPSA) is 99.0 Å². The van der Waals surface area contributed by atoms with E-state index in [0.717, 1.165) is 0 Å². The maximum absolute atomic E-state index is 11.7. The van der Waals surface area contributed by atoms with Crippen LogP contribution in [-0.2, 0) is 9.53 Å². The Morgan fingerprint density at radius 1 is 1.48 bits per heavy atom. The Balaban J connectivity index is 2.56. The largest absolute Gasteiger partial charge is 0.492 e. The molecule has 1 aliphatic heterocycles. The molecule has 0 spiro atoms. The molecule has 6 heteroatoms. The van der Waals surface area contributed by atoms with Gasteiger partial charge in [0.15, 0.2) is 0 Å². The number of aliphatic hydroxyl groups excluding tert-OH is 3. The highest BCUT2D eigenvalue weighted by atomic mass is 16.5. The first-order valence-electron chi connectivity index (χ1n) is 7.44. The third-order valence-corrected chi connectivity index (χ3v) is 4.06. The van der Waals surface area contributed by atoms with Gasteiger partial charge < -0.3 is 25.4 Å². The number of amides is 1. The molecule has 1 heterocycles. The summed E-state index contributed by atoms with van der Waals surface area (Å²) in [5, 5.41) is 32.7. The highest BCUT2D eigenvalue weighted by Crippen LogP contribution is 2.26. The monoisotopic (exact) mass is 301 g/mol. The standard InChI is InChI=1S/C15H27NO5/c1-5-8(2)15(20)16-7-12(18)13(19)14-10(4)11(17)6-9(3)21-14/h6,8,10-14,17-19H,5,7H2,1-4H3,(H,16,20)/t8?,10-,11?,12+,13+,14?/m1/s1. The first-order valence-corrected chi connectivity index (χ1v) is 7.44. The van der Waals surface area contributed by atoms with Crippen LogP contribution in [0.3, 0.4) is 0 Å². The maximum atomic E-state index is 11.7. The average molecular weight is 301 g/mol. The van der Waals surface area contributed by atoms with Gasteiger partial charge in [0.1, 0.15) is 18.3 Å². The van der Waals surface area contributed by atoms with E-state index in [1.807, 2.05) is 6.92 Å². The Bertz CT molecular complexity index is 384. The van der Waals surface area contributed by atoms with Crippen LogP contribution >= 0.6 is 0 Å². The van der Waals surface area contributed by atoms with Crippen molar-refractivity contribution in [3.8, 4) is 0 Å². The third-order valence-electron chi connectivity index (χ3n) is 4.06. The van der Waals surface area contributed by atoms with Gasteiger partial charge in [-0.2, -0.15) is 0 Å². The molecule has 0 aromatic heterocycles. The van der Waals surface area contributed by atoms with Crippen LogP contribution in [0.2, 0.25) is 0 Å². The van der Waals surface area contributed by atoms with Crippen molar-refractivity contribution in [1.29, 1.82) is 0 Å². The Hall–Kier alpha value is -1.11. The number of carbonyl (C=O) groups excluding carboxylic acids is 1. The smallest absolute Gasteiger partial charge is 0.222 e. The molecule has 0 aliphatic carbocycles. The van der Waals surface area contributed by atoms with Crippen molar-refractivity contribution in [2.45, 2.75) is 58.5 Å². The number of carbonyl (C=O) groups is 1. The molecule has 0 bridgehead atoms. The van der Waals surface area contributed by atoms with E-state index >= 15 is 0 Å². The number of rotatable bonds is 6. The van der Waals surface area contributed by atoms with Gasteiger partial charge in [-0.15, -0.1) is 0 Å². The maximum Gasteiger partial charge on any atom is 0.222 e. The van der Waals surface area contributed by atoms with E-state index in [9.17, 15) is 20.1 Å². The van der Waals surface area contributed by atoms with Gasteiger partial charge in [-0.3, -0.25) is 4.79 Å². The summed E-state index contributed by atoms with van der Waals surface area (Å²) in [4.78, 5) is 11.7. The van der Waals surface area contributed by atoms with E-state index in [2.05, 4.69) is 5.32 Å². The van der Waals surface area contributed by atoms with Crippen LogP contribution in [0.15, 0.2) is 11.8 Å². The van der Waals surface area contributed by atoms with Crippen molar-refractivity contribution in [2.75, 3.05) is 6.54 Å². The van der Waals surface area contributed by atoms with Gasteiger partial charge >= 0.3 is 0 Å². The molecule has 1 amide bonds. The highest BCUT2D eigenvalue weighted by molar-refractivity contribution is 5.78. The first kappa shape index (κ1) is 17.9. The summed E-state index contributed by atoms with van der Waals surface area (Å²) in [6.07, 6.45) is -1.48. The summed E-state index contributed by atoms with van der Waals surface area (Å²) in [6.45, 7) is 7.09. The quantitative estimate of drug-likeness (QED) is 0.560. The van der Waals surface area contributed by atoms with E-state index in [1.54, 1.807) is 26.8 Å². The lowest BCUT2D eigenvalue weighted by Gasteiger charge is -2.36. The molecule has 6 atom stereocenters. The Kier molecular flexibility index (Phi) is 6.64. The van der Waals surface area contributed by atoms with Crippen molar-refractivity contribution >= 4 is 5.91 Å². The molecule has 6 nitrogen and oxygen atoms in total. The number of ether oxygens (including phenoxy) is 1. The number of hydrogen-bond acceptors (Lipinski definition) is 5. The van der Waals surface area contributed by atoms with Gasteiger partial charge in [-0.05, 0) is 19.4 Å². The zero-order chi connectivity index (χ0) is 16.2. The highest BCUT2D eigenvalue weighted by Gasteiger charge is 2.38. The summed E-state index contributed by atoms with van der Waals surface area (Å²) in [6, 6.07) is 0. The molecule has 0 saturated heterocycles. The third kappa shape index (κ3) is 4.69. The van der Waals surface area contributed by atoms with E-state index < -0.39 is 24.4 Å². The summed E-state index contributed by atoms with van der Waals surface area (Å²) >= 11 is 0. The summed E-state index contributed by atoms with van der Waals surface area (Å²) in [7, 11) is 0. The van der Waals surface area contributed by atoms with Crippen LogP contribution in [0.1, 0.15) is 34.1 Å². The molecule has 0 aromatic carbocycles. The molecule has 4 N–H and O–H groups in total. The number of nitrogens with one attached hydrogen (secondary N) is 1. The Morgan fingerprint density at radius 3 is 2.67 bits per heavy atom. The molecule has 3 unspecified atom stereocenters. The van der Waals surface area contributed by atoms with Gasteiger partial charge in [0, 0.05) is 18.4 Å². The molecular weight excluding hydrogens is 274 g/mol. The van der Waals surface area contributed by atoms with Gasteiger partial charge in [0.05, 0.1) is 11.9 Å². The normalized spacial score (nSPS) is 29.9. The molecule has 0 saturated carbocycles. The molecule has 0 fully saturated rings. The first-order chi connectivity index (χ1) is 9.77. The fourth-order valence-electron chi connectivity index (χ4n) is 2.23. The fraction of sp³-hybridized carbons (Fsp3) is 0.800. The second-order valence-electron chi connectivity index (χ2n) is 5.82. The minimum atomic E-state index is -1.18. The lowest BCUT2D eigenvalue weighted by Crippen LogP contribution is -2.51. The lowest BCUT2D eigenvalue weighted by molar-refractivity contribution is -0.128. The zero-order valence-corrected chi connectivity index (χ0v) is 13.1. The van der Waals surface area contributed by atoms with Crippen LogP contribution in [0.5, 0.6) is 0 Å². The van der Waals surface area contributed by atoms with E-state index in [-0.39, 0.29) is 24.3 Å². The Morgan fingerprint density at radius 2 is 2.10 bits per heavy atom. The van der Waals surface area contributed by atoms with Gasteiger partial charge in [0.2, 0.25) is 5.91 Å². The summed E-state index contributed by atoms with van der Waals surface area (Å²) in [5.74, 6) is -0.118. The molecule has 1 rings (SSSR count). The second kappa shape index (κ2) is 7.77. The van der Waals surface area contributed by atoms with Crippen LogP contribution in [0, 0.1) is 11.8 Å². The molecule has 0 aromatic rings. The molecule has 21 heavy (non-hydrogen) atoms. The van der Waals surface area contributed by atoms with Crippen LogP contribution in [0.25, 0.3) is 0 Å². The molecule has 1 aliphatic rings. The van der Waals surface area contributed by atoms with Crippen molar-refractivity contribution in [2.24, 2.45) is 11.8 Å². The van der Waals surface area contributed by atoms with E-state index in [0.29, 0.717) is 12.2 Å². The molecular formula is C15H27NO5. The SMILES string of the molecule is CCC(C)C(=O)NC[C@H](O)[C@H](O)C1OC(C)=CC(O)[C@H]1C. The van der Waals surface area contributed by atoms with Crippen molar-refractivity contribution in [3.05, 3.63) is 11.8 Å². The predicted octanol–water partition coefficient (Wildman–Crippen LogP) is 0.170. The van der Waals surface area contributed by atoms with Crippen LogP contribution < -0.4 is 5.32 Å². The number of hydrogen-bond donors (Lipinski definition) is 4. The summed E-state index contributed by atoms with van der Waals surface area (Å²) < 4.78 is 5.51. The molecule has 122 valence electrons. The summed E-state index contributed by atoms with van der Waals surface area (Å²) in [5.41, 5.74) is 0. The minimum absolute atomic E-state index is 0.0459. The van der Waals surface area contributed by atoms with Crippen LogP contribution in [-0.4, -0.2) is 52.2 Å². The van der Waals surface area contributed by atoms with E-state index in [1.165, 1.54) is 0 Å². The van der Waals surface area contributed by atoms with E-state index in [4.69, 9.17) is 4.74 Å². The molecule has 0 radical (unpaired) electrons. The van der Waals surface area contributed by atoms with Crippen molar-refractivity contribution < 1.29 is 24.9 Å². The zero-order valence-electron chi connectivity index (χ0n) is 13.1. The average Bonchev–Trinajstić information content (AvgIpc) is 2.46. The van der Waals surface area contributed by atoms with Crippen molar-refractivity contribution in [1.82, 2.24) is 5.32 Å². The van der Waals surface area contributed by atoms with Crippen LogP contribution in [0.4, 0.5) is 0 Å². The second-order valence-corrected chi connectivity index (χ2v) is 5.82. The Labute approximate surface area is 125 Å². The van der Waals surface area contributed by atoms with Crippen molar-refractivity contribution in [3.63, 3.8) is 0 Å². The fourth-order valence-corrected chi connectivity index (χ4v) is 2.23.